The maximum absolute atomic E-state index is 12.5. The summed E-state index contributed by atoms with van der Waals surface area (Å²) < 4.78 is 5.43. The second kappa shape index (κ2) is 7.79. The van der Waals surface area contributed by atoms with Gasteiger partial charge in [0.15, 0.2) is 0 Å². The van der Waals surface area contributed by atoms with Crippen molar-refractivity contribution in [3.8, 4) is 0 Å². The predicted octanol–water partition coefficient (Wildman–Crippen LogP) is 3.34. The Kier molecular flexibility index (Phi) is 6.05. The van der Waals surface area contributed by atoms with Crippen molar-refractivity contribution in [3.63, 3.8) is 0 Å². The molecule has 0 N–H and O–H groups in total. The molecule has 0 unspecified atom stereocenters. The summed E-state index contributed by atoms with van der Waals surface area (Å²) >= 11 is 1.77. The highest BCUT2D eigenvalue weighted by Gasteiger charge is 2.25. The van der Waals surface area contributed by atoms with Crippen LogP contribution in [0.15, 0.2) is 17.5 Å². The Morgan fingerprint density at radius 3 is 2.80 bits per heavy atom. The molecule has 0 radical (unpaired) electrons. The molecule has 2 heterocycles. The third kappa shape index (κ3) is 4.60. The molecule has 1 saturated heterocycles. The molecule has 1 amide bonds. The van der Waals surface area contributed by atoms with E-state index in [4.69, 9.17) is 4.74 Å². The van der Waals surface area contributed by atoms with Crippen LogP contribution in [0.4, 0.5) is 0 Å². The average molecular weight is 295 g/mol. The molecule has 0 spiro atoms. The van der Waals surface area contributed by atoms with Gasteiger partial charge in [-0.05, 0) is 36.6 Å². The summed E-state index contributed by atoms with van der Waals surface area (Å²) in [7, 11) is 0. The zero-order chi connectivity index (χ0) is 14.4. The van der Waals surface area contributed by atoms with Crippen LogP contribution in [0.25, 0.3) is 0 Å². The van der Waals surface area contributed by atoms with Gasteiger partial charge in [0.1, 0.15) is 0 Å². The number of amides is 1. The molecule has 0 aromatic carbocycles. The van der Waals surface area contributed by atoms with Gasteiger partial charge in [-0.25, -0.2) is 0 Å². The molecule has 0 aliphatic carbocycles. The fourth-order valence-corrected chi connectivity index (χ4v) is 3.36. The Bertz CT molecular complexity index is 397. The van der Waals surface area contributed by atoms with Crippen molar-refractivity contribution in [2.24, 2.45) is 5.92 Å². The number of carbonyl (C=O) groups excluding carboxylic acids is 1. The molecule has 1 aromatic heterocycles. The molecule has 1 aliphatic heterocycles. The maximum Gasteiger partial charge on any atom is 0.223 e. The van der Waals surface area contributed by atoms with Crippen molar-refractivity contribution < 1.29 is 9.53 Å². The Morgan fingerprint density at radius 1 is 1.45 bits per heavy atom. The lowest BCUT2D eigenvalue weighted by Gasteiger charge is -2.35. The summed E-state index contributed by atoms with van der Waals surface area (Å²) in [6.45, 7) is 6.64. The zero-order valence-electron chi connectivity index (χ0n) is 12.5. The second-order valence-corrected chi connectivity index (χ2v) is 6.89. The molecule has 20 heavy (non-hydrogen) atoms. The summed E-state index contributed by atoms with van der Waals surface area (Å²) in [5.41, 5.74) is 0. The summed E-state index contributed by atoms with van der Waals surface area (Å²) in [6.07, 6.45) is 3.59. The molecule has 0 saturated carbocycles. The fourth-order valence-electron chi connectivity index (χ4n) is 2.66. The number of hydrogen-bond donors (Lipinski definition) is 0. The first-order valence-electron chi connectivity index (χ1n) is 7.56. The molecular formula is C16H25NO2S. The average Bonchev–Trinajstić information content (AvgIpc) is 2.92. The van der Waals surface area contributed by atoms with Crippen molar-refractivity contribution >= 4 is 17.2 Å². The zero-order valence-corrected chi connectivity index (χ0v) is 13.3. The van der Waals surface area contributed by atoms with E-state index < -0.39 is 0 Å². The normalized spacial score (nSPS) is 16.6. The summed E-state index contributed by atoms with van der Waals surface area (Å²) in [6, 6.07) is 4.60. The summed E-state index contributed by atoms with van der Waals surface area (Å²) in [5, 5.41) is 2.10. The van der Waals surface area contributed by atoms with E-state index in [2.05, 4.69) is 36.3 Å². The van der Waals surface area contributed by atoms with Crippen LogP contribution in [0.1, 0.15) is 38.0 Å². The molecule has 112 valence electrons. The minimum absolute atomic E-state index is 0.309. The van der Waals surface area contributed by atoms with Crippen LogP contribution in [0.3, 0.4) is 0 Å². The third-order valence-corrected chi connectivity index (χ3v) is 4.65. The summed E-state index contributed by atoms with van der Waals surface area (Å²) in [5.74, 6) is 0.732. The minimum Gasteiger partial charge on any atom is -0.381 e. The molecule has 0 atom stereocenters. The lowest BCUT2D eigenvalue weighted by Crippen LogP contribution is -2.44. The van der Waals surface area contributed by atoms with Gasteiger partial charge < -0.3 is 9.64 Å². The van der Waals surface area contributed by atoms with Crippen molar-refractivity contribution in [2.75, 3.05) is 19.8 Å². The monoisotopic (exact) mass is 295 g/mol. The lowest BCUT2D eigenvalue weighted by atomic mass is 10.0. The highest BCUT2D eigenvalue weighted by atomic mass is 32.1. The van der Waals surface area contributed by atoms with Crippen molar-refractivity contribution in [1.29, 1.82) is 0 Å². The predicted molar refractivity (Wildman–Crippen MR) is 83.0 cm³/mol. The largest absolute Gasteiger partial charge is 0.381 e. The van der Waals surface area contributed by atoms with Gasteiger partial charge in [0.25, 0.3) is 0 Å². The van der Waals surface area contributed by atoms with Crippen LogP contribution in [-0.4, -0.2) is 36.6 Å². The van der Waals surface area contributed by atoms with Crippen LogP contribution in [0.5, 0.6) is 0 Å². The van der Waals surface area contributed by atoms with Gasteiger partial charge in [0.05, 0.1) is 0 Å². The number of thiophene rings is 1. The fraction of sp³-hybridized carbons (Fsp3) is 0.688. The Morgan fingerprint density at radius 2 is 2.20 bits per heavy atom. The van der Waals surface area contributed by atoms with E-state index in [-0.39, 0.29) is 0 Å². The first kappa shape index (κ1) is 15.5. The van der Waals surface area contributed by atoms with Crippen molar-refractivity contribution in [3.05, 3.63) is 22.4 Å². The van der Waals surface area contributed by atoms with E-state index >= 15 is 0 Å². The minimum atomic E-state index is 0.309. The van der Waals surface area contributed by atoms with Crippen LogP contribution in [0.2, 0.25) is 0 Å². The number of hydrogen-bond acceptors (Lipinski definition) is 3. The van der Waals surface area contributed by atoms with Crippen LogP contribution < -0.4 is 0 Å². The molecule has 0 bridgehead atoms. The Labute approximate surface area is 125 Å². The van der Waals surface area contributed by atoms with Gasteiger partial charge in [-0.3, -0.25) is 4.79 Å². The van der Waals surface area contributed by atoms with E-state index in [0.29, 0.717) is 24.3 Å². The smallest absolute Gasteiger partial charge is 0.223 e. The topological polar surface area (TPSA) is 29.5 Å². The highest BCUT2D eigenvalue weighted by molar-refractivity contribution is 7.09. The number of nitrogens with zero attached hydrogens (tertiary/aromatic N) is 1. The molecule has 4 heteroatoms. The molecule has 3 nitrogen and oxygen atoms in total. The highest BCUT2D eigenvalue weighted by Crippen LogP contribution is 2.19. The molecule has 2 rings (SSSR count). The van der Waals surface area contributed by atoms with E-state index in [0.717, 1.165) is 39.0 Å². The molecule has 1 aliphatic rings. The maximum atomic E-state index is 12.5. The molecule has 1 aromatic rings. The van der Waals surface area contributed by atoms with Gasteiger partial charge in [-0.1, -0.05) is 19.9 Å². The standard InChI is InChI=1S/C16H25NO2S/c1-13(2)12-16(18)17(14-6-9-19-10-7-14)8-5-15-4-3-11-20-15/h3-4,11,13-14H,5-10,12H2,1-2H3. The van der Waals surface area contributed by atoms with Gasteiger partial charge in [0, 0.05) is 37.1 Å². The van der Waals surface area contributed by atoms with E-state index in [1.54, 1.807) is 11.3 Å². The number of ether oxygens (including phenoxy) is 1. The van der Waals surface area contributed by atoms with Crippen molar-refractivity contribution in [2.45, 2.75) is 45.6 Å². The Hall–Kier alpha value is -0.870. The second-order valence-electron chi connectivity index (χ2n) is 5.86. The third-order valence-electron chi connectivity index (χ3n) is 3.71. The van der Waals surface area contributed by atoms with Gasteiger partial charge in [0.2, 0.25) is 5.91 Å². The number of rotatable bonds is 6. The van der Waals surface area contributed by atoms with E-state index in [9.17, 15) is 4.79 Å². The van der Waals surface area contributed by atoms with Crippen LogP contribution in [0, 0.1) is 5.92 Å². The molecular weight excluding hydrogens is 270 g/mol. The van der Waals surface area contributed by atoms with Crippen LogP contribution >= 0.6 is 11.3 Å². The lowest BCUT2D eigenvalue weighted by molar-refractivity contribution is -0.136. The van der Waals surface area contributed by atoms with E-state index in [1.807, 2.05) is 0 Å². The van der Waals surface area contributed by atoms with Gasteiger partial charge >= 0.3 is 0 Å². The Balaban J connectivity index is 1.96. The quantitative estimate of drug-likeness (QED) is 0.805. The number of carbonyl (C=O) groups is 1. The van der Waals surface area contributed by atoms with Gasteiger partial charge in [-0.15, -0.1) is 11.3 Å². The molecule has 1 fully saturated rings. The first-order valence-corrected chi connectivity index (χ1v) is 8.44. The SMILES string of the molecule is CC(C)CC(=O)N(CCc1cccs1)C1CCOCC1. The van der Waals surface area contributed by atoms with E-state index in [1.165, 1.54) is 4.88 Å². The first-order chi connectivity index (χ1) is 9.66. The van der Waals surface area contributed by atoms with Gasteiger partial charge in [-0.2, -0.15) is 0 Å². The van der Waals surface area contributed by atoms with Crippen molar-refractivity contribution in [1.82, 2.24) is 4.90 Å². The van der Waals surface area contributed by atoms with Crippen LogP contribution in [-0.2, 0) is 16.0 Å². The summed E-state index contributed by atoms with van der Waals surface area (Å²) in [4.78, 5) is 16.0.